The fourth-order valence-corrected chi connectivity index (χ4v) is 2.49. The van der Waals surface area contributed by atoms with E-state index in [1.54, 1.807) is 11.3 Å². The summed E-state index contributed by atoms with van der Waals surface area (Å²) in [5, 5.41) is 18.9. The number of hydrogen-bond donors (Lipinski definition) is 3. The summed E-state index contributed by atoms with van der Waals surface area (Å²) < 4.78 is 32.9. The summed E-state index contributed by atoms with van der Waals surface area (Å²) in [6.07, 6.45) is -4.70. The van der Waals surface area contributed by atoms with Gasteiger partial charge in [0.25, 0.3) is 0 Å². The second-order valence-corrected chi connectivity index (χ2v) is 5.12. The zero-order valence-corrected chi connectivity index (χ0v) is 11.8. The van der Waals surface area contributed by atoms with Crippen molar-refractivity contribution in [3.8, 4) is 0 Å². The third kappa shape index (κ3) is 5.01. The number of nitrogens with two attached hydrogens (primary N) is 1. The minimum absolute atomic E-state index is 0.388. The molecule has 1 aromatic carbocycles. The zero-order valence-electron chi connectivity index (χ0n) is 11.0. The standard InChI is InChI=1S/C11H11NO2S.C2HF3O2/c12-9(11(13)14)5-7-6-15-10-4-2-1-3-8(7)10;3-2(4,5)1(6)7/h1-4,6,9H,5,12H2,(H,13,14);(H,6,7)/t9-;/m0./s1. The molecule has 2 rings (SSSR count). The number of fused-ring (bicyclic) bond motifs is 1. The van der Waals surface area contributed by atoms with Crippen LogP contribution in [0.2, 0.25) is 0 Å². The number of thiophene rings is 1. The van der Waals surface area contributed by atoms with Gasteiger partial charge in [0.15, 0.2) is 0 Å². The largest absolute Gasteiger partial charge is 0.490 e. The van der Waals surface area contributed by atoms with Crippen LogP contribution in [-0.2, 0) is 16.0 Å². The lowest BCUT2D eigenvalue weighted by molar-refractivity contribution is -0.192. The number of alkyl halides is 3. The molecule has 0 aliphatic rings. The molecule has 120 valence electrons. The lowest BCUT2D eigenvalue weighted by Crippen LogP contribution is -2.32. The van der Waals surface area contributed by atoms with Crippen molar-refractivity contribution in [2.75, 3.05) is 0 Å². The Labute approximate surface area is 126 Å². The minimum atomic E-state index is -5.08. The van der Waals surface area contributed by atoms with Crippen LogP contribution in [0.1, 0.15) is 5.56 Å². The molecule has 9 heteroatoms. The van der Waals surface area contributed by atoms with Crippen LogP contribution in [0.5, 0.6) is 0 Å². The van der Waals surface area contributed by atoms with Crippen molar-refractivity contribution in [2.24, 2.45) is 5.73 Å². The first-order chi connectivity index (χ1) is 10.1. The monoisotopic (exact) mass is 335 g/mol. The molecule has 4 N–H and O–H groups in total. The Morgan fingerprint density at radius 3 is 2.27 bits per heavy atom. The summed E-state index contributed by atoms with van der Waals surface area (Å²) in [6.45, 7) is 0. The Balaban J connectivity index is 0.000000295. The van der Waals surface area contributed by atoms with E-state index in [1.807, 2.05) is 29.6 Å². The fourth-order valence-electron chi connectivity index (χ4n) is 1.52. The van der Waals surface area contributed by atoms with E-state index in [0.29, 0.717) is 6.42 Å². The molecule has 0 amide bonds. The second-order valence-electron chi connectivity index (χ2n) is 4.21. The number of carbonyl (C=O) groups is 2. The molecular weight excluding hydrogens is 323 g/mol. The van der Waals surface area contributed by atoms with E-state index < -0.39 is 24.2 Å². The van der Waals surface area contributed by atoms with Gasteiger partial charge in [0, 0.05) is 4.70 Å². The van der Waals surface area contributed by atoms with E-state index in [1.165, 1.54) is 4.70 Å². The summed E-state index contributed by atoms with van der Waals surface area (Å²) >= 11 is 1.62. The van der Waals surface area contributed by atoms with Gasteiger partial charge in [-0.3, -0.25) is 4.79 Å². The molecule has 0 spiro atoms. The molecule has 1 aromatic heterocycles. The van der Waals surface area contributed by atoms with Gasteiger partial charge >= 0.3 is 18.1 Å². The normalized spacial score (nSPS) is 12.4. The van der Waals surface area contributed by atoms with Crippen LogP contribution in [0.3, 0.4) is 0 Å². The maximum absolute atomic E-state index is 10.6. The van der Waals surface area contributed by atoms with Gasteiger partial charge in [0.1, 0.15) is 6.04 Å². The quantitative estimate of drug-likeness (QED) is 0.800. The number of halogens is 3. The molecule has 5 nitrogen and oxygen atoms in total. The summed E-state index contributed by atoms with van der Waals surface area (Å²) in [5.74, 6) is -3.71. The smallest absolute Gasteiger partial charge is 0.480 e. The highest BCUT2D eigenvalue weighted by Crippen LogP contribution is 2.26. The highest BCUT2D eigenvalue weighted by molar-refractivity contribution is 7.17. The van der Waals surface area contributed by atoms with Crippen molar-refractivity contribution in [3.05, 3.63) is 35.2 Å². The Morgan fingerprint density at radius 1 is 1.23 bits per heavy atom. The third-order valence-electron chi connectivity index (χ3n) is 2.56. The van der Waals surface area contributed by atoms with Gasteiger partial charge in [0.05, 0.1) is 0 Å². The molecule has 0 fully saturated rings. The van der Waals surface area contributed by atoms with Crippen LogP contribution >= 0.6 is 11.3 Å². The summed E-state index contributed by atoms with van der Waals surface area (Å²) in [5.41, 5.74) is 6.52. The Morgan fingerprint density at radius 2 is 1.77 bits per heavy atom. The third-order valence-corrected chi connectivity index (χ3v) is 3.57. The van der Waals surface area contributed by atoms with E-state index in [-0.39, 0.29) is 0 Å². The molecule has 0 aliphatic carbocycles. The maximum atomic E-state index is 10.6. The molecule has 22 heavy (non-hydrogen) atoms. The highest BCUT2D eigenvalue weighted by atomic mass is 32.1. The van der Waals surface area contributed by atoms with Crippen molar-refractivity contribution >= 4 is 33.4 Å². The van der Waals surface area contributed by atoms with Crippen molar-refractivity contribution in [1.29, 1.82) is 0 Å². The average Bonchev–Trinajstić information content (AvgIpc) is 2.82. The van der Waals surface area contributed by atoms with Gasteiger partial charge < -0.3 is 15.9 Å². The van der Waals surface area contributed by atoms with E-state index >= 15 is 0 Å². The summed E-state index contributed by atoms with van der Waals surface area (Å²) in [7, 11) is 0. The van der Waals surface area contributed by atoms with E-state index in [4.69, 9.17) is 20.7 Å². The molecule has 0 saturated heterocycles. The van der Waals surface area contributed by atoms with Crippen LogP contribution in [0.15, 0.2) is 29.6 Å². The fraction of sp³-hybridized carbons (Fsp3) is 0.231. The first kappa shape index (κ1) is 17.9. The van der Waals surface area contributed by atoms with Gasteiger partial charge in [-0.05, 0) is 28.8 Å². The van der Waals surface area contributed by atoms with Gasteiger partial charge in [-0.1, -0.05) is 18.2 Å². The first-order valence-electron chi connectivity index (χ1n) is 5.86. The van der Waals surface area contributed by atoms with Gasteiger partial charge in [0.2, 0.25) is 0 Å². The molecule has 0 unspecified atom stereocenters. The van der Waals surface area contributed by atoms with Crippen LogP contribution in [0.4, 0.5) is 13.2 Å². The SMILES string of the molecule is N[C@@H](Cc1csc2ccccc12)C(=O)O.O=C(O)C(F)(F)F. The van der Waals surface area contributed by atoms with Crippen molar-refractivity contribution in [1.82, 2.24) is 0 Å². The highest BCUT2D eigenvalue weighted by Gasteiger charge is 2.38. The molecule has 0 aliphatic heterocycles. The van der Waals surface area contributed by atoms with Gasteiger partial charge in [-0.25, -0.2) is 4.79 Å². The van der Waals surface area contributed by atoms with Gasteiger partial charge in [-0.2, -0.15) is 13.2 Å². The molecule has 1 atom stereocenters. The molecule has 1 heterocycles. The number of carboxylic acids is 2. The number of rotatable bonds is 3. The Bertz CT molecular complexity index is 669. The van der Waals surface area contributed by atoms with Crippen LogP contribution in [-0.4, -0.2) is 34.4 Å². The minimum Gasteiger partial charge on any atom is -0.480 e. The number of aliphatic carboxylic acids is 2. The predicted octanol–water partition coefficient (Wildman–Crippen LogP) is 2.49. The van der Waals surface area contributed by atoms with Crippen LogP contribution in [0.25, 0.3) is 10.1 Å². The molecule has 0 saturated carbocycles. The predicted molar refractivity (Wildman–Crippen MR) is 74.8 cm³/mol. The molecule has 0 bridgehead atoms. The Kier molecular flexibility index (Phi) is 5.89. The van der Waals surface area contributed by atoms with E-state index in [2.05, 4.69) is 0 Å². The number of carboxylic acid groups (broad SMARTS) is 2. The van der Waals surface area contributed by atoms with Crippen molar-refractivity contribution in [2.45, 2.75) is 18.6 Å². The summed E-state index contributed by atoms with van der Waals surface area (Å²) in [6, 6.07) is 7.12. The molecule has 2 aromatic rings. The average molecular weight is 335 g/mol. The van der Waals surface area contributed by atoms with Crippen molar-refractivity contribution < 1.29 is 33.0 Å². The number of hydrogen-bond acceptors (Lipinski definition) is 4. The van der Waals surface area contributed by atoms with Gasteiger partial charge in [-0.15, -0.1) is 11.3 Å². The Hall–Kier alpha value is -2.13. The van der Waals surface area contributed by atoms with Crippen molar-refractivity contribution in [3.63, 3.8) is 0 Å². The lowest BCUT2D eigenvalue weighted by atomic mass is 10.1. The van der Waals surface area contributed by atoms with Crippen LogP contribution < -0.4 is 5.73 Å². The lowest BCUT2D eigenvalue weighted by Gasteiger charge is -2.04. The topological polar surface area (TPSA) is 101 Å². The van der Waals surface area contributed by atoms with Crippen LogP contribution in [0, 0.1) is 0 Å². The maximum Gasteiger partial charge on any atom is 0.490 e. The zero-order chi connectivity index (χ0) is 16.9. The van der Waals surface area contributed by atoms with E-state index in [9.17, 15) is 18.0 Å². The summed E-state index contributed by atoms with van der Waals surface area (Å²) in [4.78, 5) is 19.5. The van der Waals surface area contributed by atoms with E-state index in [0.717, 1.165) is 10.9 Å². The first-order valence-corrected chi connectivity index (χ1v) is 6.74. The second kappa shape index (κ2) is 7.23. The number of benzene rings is 1. The molecular formula is C13H12F3NO4S. The molecule has 0 radical (unpaired) electrons.